The van der Waals surface area contributed by atoms with Crippen LogP contribution >= 0.6 is 0 Å². The van der Waals surface area contributed by atoms with Crippen molar-refractivity contribution in [3.05, 3.63) is 11.7 Å². The maximum atomic E-state index is 11.9. The topological polar surface area (TPSA) is 51.0 Å². The number of hydrogen-bond donors (Lipinski definition) is 1. The van der Waals surface area contributed by atoms with Crippen molar-refractivity contribution in [2.75, 3.05) is 7.05 Å². The fraction of sp³-hybridized carbons (Fsp3) is 0.600. The molecular weight excluding hydrogens is 302 g/mol. The predicted octanol–water partition coefficient (Wildman–Crippen LogP) is -2.19. The number of rotatable bonds is 3. The zero-order valence-corrected chi connectivity index (χ0v) is 8.68. The normalized spacial score (nSPS) is 12.3. The number of aromatic nitrogens is 2. The van der Waals surface area contributed by atoms with Crippen LogP contribution in [0.2, 0.25) is 0 Å². The van der Waals surface area contributed by atoms with E-state index in [2.05, 4.69) is 18.2 Å². The Morgan fingerprint density at radius 3 is 2.69 bits per heavy atom. The molecule has 0 unspecified atom stereocenters. The van der Waals surface area contributed by atoms with Gasteiger partial charge in [0.05, 0.1) is 0 Å². The van der Waals surface area contributed by atoms with E-state index in [0.717, 1.165) is 0 Å². The molecule has 1 aromatic heterocycles. The van der Waals surface area contributed by atoms with Gasteiger partial charge in [0.2, 0.25) is 0 Å². The standard InChI is InChI=1S/C5H6F3IN3O/c1-10-9-2-3-11-4(12-13-3)5(6,7)8/h10H,2H2,1H3/q-1. The van der Waals surface area contributed by atoms with Crippen LogP contribution < -0.4 is 25.0 Å². The number of nitrogens with zero attached hydrogens (tertiary/aromatic N) is 2. The summed E-state index contributed by atoms with van der Waals surface area (Å²) in [5.74, 6) is -1.17. The summed E-state index contributed by atoms with van der Waals surface area (Å²) in [6.07, 6.45) is -4.51. The van der Waals surface area contributed by atoms with E-state index < -0.39 is 12.0 Å². The Balaban J connectivity index is 2.64. The second kappa shape index (κ2) is 4.22. The summed E-state index contributed by atoms with van der Waals surface area (Å²) >= 11 is -0.388. The number of hydrogen-bond acceptors (Lipinski definition) is 4. The second-order valence-corrected chi connectivity index (χ2v) is 4.57. The molecule has 76 valence electrons. The van der Waals surface area contributed by atoms with Crippen LogP contribution in [0.5, 0.6) is 0 Å². The van der Waals surface area contributed by atoms with Crippen LogP contribution in [0.3, 0.4) is 0 Å². The van der Waals surface area contributed by atoms with Crippen LogP contribution in [-0.4, -0.2) is 17.2 Å². The van der Waals surface area contributed by atoms with E-state index in [4.69, 9.17) is 0 Å². The molecule has 0 bridgehead atoms. The molecule has 13 heavy (non-hydrogen) atoms. The van der Waals surface area contributed by atoms with E-state index in [9.17, 15) is 13.2 Å². The van der Waals surface area contributed by atoms with Gasteiger partial charge in [-0.1, -0.05) is 0 Å². The van der Waals surface area contributed by atoms with Crippen molar-refractivity contribution in [3.8, 4) is 0 Å². The van der Waals surface area contributed by atoms with Crippen LogP contribution in [0, 0.1) is 0 Å². The van der Waals surface area contributed by atoms with E-state index in [1.807, 2.05) is 0 Å². The van der Waals surface area contributed by atoms with Crippen molar-refractivity contribution in [2.24, 2.45) is 0 Å². The predicted molar refractivity (Wildman–Crippen MR) is 32.1 cm³/mol. The summed E-state index contributed by atoms with van der Waals surface area (Å²) in [7, 11) is 1.73. The van der Waals surface area contributed by atoms with Crippen molar-refractivity contribution in [1.82, 2.24) is 13.7 Å². The molecule has 0 atom stereocenters. The minimum atomic E-state index is -4.51. The van der Waals surface area contributed by atoms with E-state index in [-0.39, 0.29) is 27.4 Å². The van der Waals surface area contributed by atoms with Crippen molar-refractivity contribution in [1.29, 1.82) is 0 Å². The summed E-state index contributed by atoms with van der Waals surface area (Å²) in [5, 5.41) is 2.82. The molecule has 1 heterocycles. The zero-order valence-electron chi connectivity index (χ0n) is 6.52. The second-order valence-electron chi connectivity index (χ2n) is 1.97. The first-order valence-electron chi connectivity index (χ1n) is 3.18. The third kappa shape index (κ3) is 3.10. The first-order valence-corrected chi connectivity index (χ1v) is 5.79. The van der Waals surface area contributed by atoms with Gasteiger partial charge < -0.3 is 0 Å². The monoisotopic (exact) mass is 308 g/mol. The van der Waals surface area contributed by atoms with Gasteiger partial charge in [-0.05, 0) is 0 Å². The molecule has 0 aliphatic heterocycles. The van der Waals surface area contributed by atoms with Crippen molar-refractivity contribution in [2.45, 2.75) is 10.6 Å². The summed E-state index contributed by atoms with van der Waals surface area (Å²) in [6, 6.07) is 0. The van der Waals surface area contributed by atoms with E-state index in [0.29, 0.717) is 4.43 Å². The van der Waals surface area contributed by atoms with Crippen LogP contribution in [-0.2, 0) is 10.6 Å². The molecule has 0 radical (unpaired) electrons. The maximum absolute atomic E-state index is 11.9. The first kappa shape index (κ1) is 10.7. The number of alkyl halides is 4. The molecule has 0 aliphatic carbocycles. The molecule has 8 heteroatoms. The summed E-state index contributed by atoms with van der Waals surface area (Å²) in [6.45, 7) is 0. The fourth-order valence-electron chi connectivity index (χ4n) is 0.548. The average Bonchev–Trinajstić information content (AvgIpc) is 2.47. The van der Waals surface area contributed by atoms with Crippen LogP contribution in [0.4, 0.5) is 13.2 Å². The van der Waals surface area contributed by atoms with E-state index in [1.165, 1.54) is 0 Å². The SMILES string of the molecule is CN[I-]Cc1nc(C(F)(F)F)no1. The Morgan fingerprint density at radius 2 is 2.23 bits per heavy atom. The van der Waals surface area contributed by atoms with Gasteiger partial charge in [0.25, 0.3) is 0 Å². The first-order chi connectivity index (χ1) is 6.04. The molecule has 0 aliphatic rings. The van der Waals surface area contributed by atoms with Crippen molar-refractivity contribution >= 4 is 0 Å². The third-order valence-electron chi connectivity index (χ3n) is 1.04. The molecule has 1 rings (SSSR count). The van der Waals surface area contributed by atoms with Gasteiger partial charge in [-0.25, -0.2) is 0 Å². The molecule has 0 amide bonds. The quantitative estimate of drug-likeness (QED) is 0.392. The Kier molecular flexibility index (Phi) is 3.47. The van der Waals surface area contributed by atoms with Gasteiger partial charge in [-0.15, -0.1) is 0 Å². The van der Waals surface area contributed by atoms with Gasteiger partial charge in [-0.2, -0.15) is 0 Å². The van der Waals surface area contributed by atoms with Crippen molar-refractivity contribution < 1.29 is 39.2 Å². The number of nitrogens with one attached hydrogen (secondary N) is 1. The Morgan fingerprint density at radius 1 is 1.54 bits per heavy atom. The van der Waals surface area contributed by atoms with Gasteiger partial charge in [0, 0.05) is 0 Å². The summed E-state index contributed by atoms with van der Waals surface area (Å²) < 4.78 is 43.5. The Bertz CT molecular complexity index is 274. The summed E-state index contributed by atoms with van der Waals surface area (Å²) in [5.41, 5.74) is 0. The molecule has 0 spiro atoms. The molecule has 1 N–H and O–H groups in total. The summed E-state index contributed by atoms with van der Waals surface area (Å²) in [4.78, 5) is 3.20. The van der Waals surface area contributed by atoms with E-state index in [1.54, 1.807) is 7.05 Å². The van der Waals surface area contributed by atoms with E-state index >= 15 is 0 Å². The zero-order chi connectivity index (χ0) is 9.90. The van der Waals surface area contributed by atoms with Crippen LogP contribution in [0.1, 0.15) is 11.7 Å². The molecule has 0 saturated heterocycles. The molecule has 0 fully saturated rings. The van der Waals surface area contributed by atoms with Gasteiger partial charge >= 0.3 is 82.2 Å². The Hall–Kier alpha value is -0.380. The molecule has 0 aromatic carbocycles. The minimum absolute atomic E-state index is 0.0366. The fourth-order valence-corrected chi connectivity index (χ4v) is 1.57. The molecule has 0 saturated carbocycles. The average molecular weight is 308 g/mol. The number of halogens is 4. The van der Waals surface area contributed by atoms with Crippen LogP contribution in [0.25, 0.3) is 0 Å². The van der Waals surface area contributed by atoms with Gasteiger partial charge in [0.15, 0.2) is 0 Å². The third-order valence-corrected chi connectivity index (χ3v) is 2.83. The van der Waals surface area contributed by atoms with Gasteiger partial charge in [0.1, 0.15) is 0 Å². The van der Waals surface area contributed by atoms with Crippen molar-refractivity contribution in [3.63, 3.8) is 0 Å². The molecule has 1 aromatic rings. The Labute approximate surface area is 82.5 Å². The molecular formula is C5H6F3IN3O-. The van der Waals surface area contributed by atoms with Crippen LogP contribution in [0.15, 0.2) is 4.52 Å². The van der Waals surface area contributed by atoms with Gasteiger partial charge in [-0.3, -0.25) is 0 Å². The molecule has 4 nitrogen and oxygen atoms in total.